The molecule has 0 atom stereocenters. The first-order chi connectivity index (χ1) is 8.48. The normalized spacial score (nSPS) is 19.7. The van der Waals surface area contributed by atoms with Gasteiger partial charge < -0.3 is 5.11 Å². The average molecular weight is 248 g/mol. The van der Waals surface area contributed by atoms with Crippen LogP contribution < -0.4 is 0 Å². The van der Waals surface area contributed by atoms with Crippen molar-refractivity contribution in [1.29, 1.82) is 0 Å². The van der Waals surface area contributed by atoms with Crippen molar-refractivity contribution >= 4 is 5.97 Å². The zero-order chi connectivity index (χ0) is 13.2. The zero-order valence-electron chi connectivity index (χ0n) is 11.0. The molecule has 98 valence electrons. The summed E-state index contributed by atoms with van der Waals surface area (Å²) in [6.07, 6.45) is 3.97. The van der Waals surface area contributed by atoms with Crippen molar-refractivity contribution in [2.75, 3.05) is 13.1 Å². The quantitative estimate of drug-likeness (QED) is 0.892. The van der Waals surface area contributed by atoms with Gasteiger partial charge in [0.1, 0.15) is 0 Å². The largest absolute Gasteiger partial charge is 0.478 e. The fourth-order valence-corrected chi connectivity index (χ4v) is 2.29. The second kappa shape index (κ2) is 5.06. The Kier molecular flexibility index (Phi) is 3.66. The summed E-state index contributed by atoms with van der Waals surface area (Å²) in [7, 11) is 0. The molecule has 1 aliphatic heterocycles. The topological polar surface area (TPSA) is 53.4 Å². The van der Waals surface area contributed by atoms with Crippen molar-refractivity contribution < 1.29 is 9.90 Å². The van der Waals surface area contributed by atoms with Gasteiger partial charge in [-0.2, -0.15) is 0 Å². The number of rotatable bonds is 3. The molecule has 0 amide bonds. The molecule has 0 unspecified atom stereocenters. The number of pyridine rings is 1. The summed E-state index contributed by atoms with van der Waals surface area (Å²) in [6.45, 7) is 7.24. The minimum Gasteiger partial charge on any atom is -0.478 e. The molecular weight excluding hydrogens is 228 g/mol. The number of carboxylic acid groups (broad SMARTS) is 1. The molecule has 0 bridgehead atoms. The smallest absolute Gasteiger partial charge is 0.337 e. The van der Waals surface area contributed by atoms with Crippen molar-refractivity contribution in [3.63, 3.8) is 0 Å². The van der Waals surface area contributed by atoms with Crippen LogP contribution in [-0.2, 0) is 6.54 Å². The van der Waals surface area contributed by atoms with Crippen LogP contribution in [0.5, 0.6) is 0 Å². The molecule has 0 spiro atoms. The second-order valence-electron chi connectivity index (χ2n) is 5.74. The monoisotopic (exact) mass is 248 g/mol. The number of carboxylic acids is 1. The molecule has 2 rings (SSSR count). The minimum atomic E-state index is -0.893. The van der Waals surface area contributed by atoms with Crippen LogP contribution in [0, 0.1) is 5.41 Å². The van der Waals surface area contributed by atoms with Crippen LogP contribution in [0.4, 0.5) is 0 Å². The van der Waals surface area contributed by atoms with E-state index in [9.17, 15) is 4.79 Å². The van der Waals surface area contributed by atoms with Gasteiger partial charge in [0.25, 0.3) is 0 Å². The van der Waals surface area contributed by atoms with Crippen molar-refractivity contribution in [2.24, 2.45) is 5.41 Å². The summed E-state index contributed by atoms with van der Waals surface area (Å²) in [5, 5.41) is 9.12. The molecule has 1 aromatic rings. The lowest BCUT2D eigenvalue weighted by Gasteiger charge is -2.36. The van der Waals surface area contributed by atoms with Gasteiger partial charge in [-0.25, -0.2) is 4.79 Å². The summed E-state index contributed by atoms with van der Waals surface area (Å²) < 4.78 is 0. The van der Waals surface area contributed by atoms with Crippen molar-refractivity contribution in [3.8, 4) is 0 Å². The van der Waals surface area contributed by atoms with E-state index in [-0.39, 0.29) is 0 Å². The number of aromatic nitrogens is 1. The third kappa shape index (κ3) is 3.07. The maximum Gasteiger partial charge on any atom is 0.337 e. The Morgan fingerprint density at radius 3 is 2.72 bits per heavy atom. The van der Waals surface area contributed by atoms with E-state index in [0.29, 0.717) is 23.2 Å². The summed E-state index contributed by atoms with van der Waals surface area (Å²) in [5.74, 6) is -0.893. The lowest BCUT2D eigenvalue weighted by Crippen LogP contribution is -2.37. The molecule has 0 aliphatic carbocycles. The molecule has 1 saturated heterocycles. The number of aromatic carboxylic acids is 1. The molecule has 4 nitrogen and oxygen atoms in total. The van der Waals surface area contributed by atoms with E-state index < -0.39 is 5.97 Å². The summed E-state index contributed by atoms with van der Waals surface area (Å²) in [5.41, 5.74) is 1.41. The third-order valence-electron chi connectivity index (χ3n) is 3.70. The van der Waals surface area contributed by atoms with E-state index in [4.69, 9.17) is 5.11 Å². The van der Waals surface area contributed by atoms with Gasteiger partial charge in [0, 0.05) is 12.7 Å². The molecule has 2 heterocycles. The molecule has 1 aliphatic rings. The summed E-state index contributed by atoms with van der Waals surface area (Å²) >= 11 is 0. The first-order valence-corrected chi connectivity index (χ1v) is 6.37. The maximum absolute atomic E-state index is 11.1. The number of likely N-dealkylation sites (tertiary alicyclic amines) is 1. The lowest BCUT2D eigenvalue weighted by atomic mass is 9.82. The number of nitrogens with zero attached hydrogens (tertiary/aromatic N) is 2. The van der Waals surface area contributed by atoms with Crippen LogP contribution in [0.2, 0.25) is 0 Å². The summed E-state index contributed by atoms with van der Waals surface area (Å²) in [6, 6.07) is 3.30. The fraction of sp³-hybridized carbons (Fsp3) is 0.571. The Bertz CT molecular complexity index is 433. The lowest BCUT2D eigenvalue weighted by molar-refractivity contribution is 0.0691. The molecule has 1 N–H and O–H groups in total. The zero-order valence-corrected chi connectivity index (χ0v) is 11.0. The highest BCUT2D eigenvalue weighted by molar-refractivity contribution is 5.88. The third-order valence-corrected chi connectivity index (χ3v) is 3.70. The Morgan fingerprint density at radius 2 is 2.11 bits per heavy atom. The predicted molar refractivity (Wildman–Crippen MR) is 69.5 cm³/mol. The highest BCUT2D eigenvalue weighted by atomic mass is 16.4. The van der Waals surface area contributed by atoms with Crippen molar-refractivity contribution in [1.82, 2.24) is 9.88 Å². The van der Waals surface area contributed by atoms with E-state index in [0.717, 1.165) is 25.9 Å². The van der Waals surface area contributed by atoms with Gasteiger partial charge in [-0.15, -0.1) is 0 Å². The Hall–Kier alpha value is -1.42. The molecule has 0 saturated carbocycles. The van der Waals surface area contributed by atoms with Gasteiger partial charge >= 0.3 is 5.97 Å². The number of carbonyl (C=O) groups is 1. The van der Waals surface area contributed by atoms with E-state index in [1.165, 1.54) is 0 Å². The van der Waals surface area contributed by atoms with Crippen molar-refractivity contribution in [3.05, 3.63) is 29.6 Å². The highest BCUT2D eigenvalue weighted by Gasteiger charge is 2.26. The van der Waals surface area contributed by atoms with E-state index in [2.05, 4.69) is 23.7 Å². The van der Waals surface area contributed by atoms with Gasteiger partial charge in [-0.1, -0.05) is 13.8 Å². The van der Waals surface area contributed by atoms with Gasteiger partial charge in [0.15, 0.2) is 0 Å². The molecule has 0 aromatic carbocycles. The van der Waals surface area contributed by atoms with Crippen LogP contribution in [0.3, 0.4) is 0 Å². The van der Waals surface area contributed by atoms with Crippen LogP contribution in [0.25, 0.3) is 0 Å². The minimum absolute atomic E-state index is 0.322. The van der Waals surface area contributed by atoms with E-state index in [1.54, 1.807) is 18.3 Å². The average Bonchev–Trinajstić information content (AvgIpc) is 2.32. The van der Waals surface area contributed by atoms with Crippen LogP contribution >= 0.6 is 0 Å². The van der Waals surface area contributed by atoms with E-state index >= 15 is 0 Å². The second-order valence-corrected chi connectivity index (χ2v) is 5.74. The number of piperidine rings is 1. The van der Waals surface area contributed by atoms with Crippen LogP contribution in [-0.4, -0.2) is 34.0 Å². The Labute approximate surface area is 108 Å². The standard InChI is InChI=1S/C14H20N2O2/c1-14(2)5-8-16(9-6-14)10-12-11(13(17)18)4-3-7-15-12/h3-4,7H,5-6,8-10H2,1-2H3,(H,17,18). The SMILES string of the molecule is CC1(C)CCN(Cc2ncccc2C(=O)O)CC1. The first kappa shape index (κ1) is 13.0. The van der Waals surface area contributed by atoms with Gasteiger partial charge in [0.05, 0.1) is 11.3 Å². The van der Waals surface area contributed by atoms with Crippen LogP contribution in [0.1, 0.15) is 42.7 Å². The highest BCUT2D eigenvalue weighted by Crippen LogP contribution is 2.30. The molecule has 0 radical (unpaired) electrons. The molecular formula is C14H20N2O2. The summed E-state index contributed by atoms with van der Waals surface area (Å²) in [4.78, 5) is 17.6. The van der Waals surface area contributed by atoms with Gasteiger partial charge in [-0.3, -0.25) is 9.88 Å². The van der Waals surface area contributed by atoms with Gasteiger partial charge in [-0.05, 0) is 43.5 Å². The maximum atomic E-state index is 11.1. The molecule has 1 aromatic heterocycles. The number of hydrogen-bond donors (Lipinski definition) is 1. The first-order valence-electron chi connectivity index (χ1n) is 6.37. The van der Waals surface area contributed by atoms with Crippen molar-refractivity contribution in [2.45, 2.75) is 33.2 Å². The number of hydrogen-bond acceptors (Lipinski definition) is 3. The van der Waals surface area contributed by atoms with Crippen LogP contribution in [0.15, 0.2) is 18.3 Å². The van der Waals surface area contributed by atoms with Gasteiger partial charge in [0.2, 0.25) is 0 Å². The molecule has 18 heavy (non-hydrogen) atoms. The predicted octanol–water partition coefficient (Wildman–Crippen LogP) is 2.40. The van der Waals surface area contributed by atoms with E-state index in [1.807, 2.05) is 0 Å². The Morgan fingerprint density at radius 1 is 1.44 bits per heavy atom. The fourth-order valence-electron chi connectivity index (χ4n) is 2.29. The molecule has 1 fully saturated rings. The molecule has 4 heteroatoms. The Balaban J connectivity index is 2.04.